The van der Waals surface area contributed by atoms with Gasteiger partial charge in [0.1, 0.15) is 0 Å². The maximum atomic E-state index is 13.2. The van der Waals surface area contributed by atoms with Gasteiger partial charge in [-0.2, -0.15) is 4.31 Å². The third-order valence-electron chi connectivity index (χ3n) is 6.33. The molecule has 0 aromatic heterocycles. The molecule has 0 bridgehead atoms. The van der Waals surface area contributed by atoms with E-state index in [1.807, 2.05) is 30.0 Å². The first-order valence-electron chi connectivity index (χ1n) is 11.1. The molecule has 31 heavy (non-hydrogen) atoms. The number of nitrogens with zero attached hydrogens (tertiary/aromatic N) is 3. The first-order valence-corrected chi connectivity index (χ1v) is 12.5. The molecule has 2 aromatic rings. The number of rotatable bonds is 5. The van der Waals surface area contributed by atoms with E-state index in [1.54, 1.807) is 12.1 Å². The van der Waals surface area contributed by atoms with Gasteiger partial charge in [0.05, 0.1) is 10.8 Å². The van der Waals surface area contributed by atoms with Gasteiger partial charge in [0.15, 0.2) is 0 Å². The average molecular weight is 442 g/mol. The van der Waals surface area contributed by atoms with Crippen LogP contribution in [0, 0.1) is 12.8 Å². The van der Waals surface area contributed by atoms with Crippen LogP contribution >= 0.6 is 0 Å². The fourth-order valence-corrected chi connectivity index (χ4v) is 5.97. The SMILES string of the molecule is Cc1ccc(S(=O)(=O)N2CCC[C@H](C(=O)N3CCN(Cc4ccccc4)CC3)C2)cc1. The number of hydrogen-bond donors (Lipinski definition) is 0. The Morgan fingerprint density at radius 1 is 0.935 bits per heavy atom. The van der Waals surface area contributed by atoms with Gasteiger partial charge in [0, 0.05) is 45.8 Å². The highest BCUT2D eigenvalue weighted by Crippen LogP contribution is 2.25. The Labute approximate surface area is 185 Å². The van der Waals surface area contributed by atoms with Crippen LogP contribution in [-0.4, -0.2) is 67.7 Å². The Hall–Kier alpha value is -2.22. The van der Waals surface area contributed by atoms with Crippen LogP contribution < -0.4 is 0 Å². The van der Waals surface area contributed by atoms with E-state index in [0.717, 1.165) is 38.0 Å². The number of hydrogen-bond acceptors (Lipinski definition) is 4. The van der Waals surface area contributed by atoms with Gasteiger partial charge in [0.25, 0.3) is 0 Å². The van der Waals surface area contributed by atoms with Gasteiger partial charge < -0.3 is 4.90 Å². The molecule has 0 unspecified atom stereocenters. The first-order chi connectivity index (χ1) is 14.9. The maximum Gasteiger partial charge on any atom is 0.243 e. The third-order valence-corrected chi connectivity index (χ3v) is 8.20. The predicted octanol–water partition coefficient (Wildman–Crippen LogP) is 2.74. The van der Waals surface area contributed by atoms with Gasteiger partial charge in [-0.1, -0.05) is 48.0 Å². The van der Waals surface area contributed by atoms with Crippen LogP contribution in [0.5, 0.6) is 0 Å². The predicted molar refractivity (Wildman–Crippen MR) is 121 cm³/mol. The number of piperazine rings is 1. The van der Waals surface area contributed by atoms with Crippen LogP contribution in [0.3, 0.4) is 0 Å². The molecular formula is C24H31N3O3S. The van der Waals surface area contributed by atoms with Crippen LogP contribution in [0.2, 0.25) is 0 Å². The molecule has 2 heterocycles. The molecule has 6 nitrogen and oxygen atoms in total. The summed E-state index contributed by atoms with van der Waals surface area (Å²) in [6.45, 7) is 6.68. The molecule has 1 amide bonds. The second-order valence-electron chi connectivity index (χ2n) is 8.60. The van der Waals surface area contributed by atoms with E-state index in [1.165, 1.54) is 9.87 Å². The minimum absolute atomic E-state index is 0.100. The molecule has 0 N–H and O–H groups in total. The second-order valence-corrected chi connectivity index (χ2v) is 10.5. The Bertz CT molecular complexity index is 984. The monoisotopic (exact) mass is 441 g/mol. The Kier molecular flexibility index (Phi) is 6.74. The van der Waals surface area contributed by atoms with Crippen LogP contribution in [0.1, 0.15) is 24.0 Å². The van der Waals surface area contributed by atoms with Crippen LogP contribution in [-0.2, 0) is 21.4 Å². The maximum absolute atomic E-state index is 13.2. The topological polar surface area (TPSA) is 60.9 Å². The van der Waals surface area contributed by atoms with E-state index in [9.17, 15) is 13.2 Å². The number of aryl methyl sites for hydroxylation is 1. The lowest BCUT2D eigenvalue weighted by molar-refractivity contribution is -0.138. The first kappa shape index (κ1) is 22.0. The summed E-state index contributed by atoms with van der Waals surface area (Å²) >= 11 is 0. The summed E-state index contributed by atoms with van der Waals surface area (Å²) in [7, 11) is -3.56. The number of carbonyl (C=O) groups is 1. The van der Waals surface area contributed by atoms with Crippen molar-refractivity contribution in [3.05, 3.63) is 65.7 Å². The van der Waals surface area contributed by atoms with E-state index < -0.39 is 10.0 Å². The van der Waals surface area contributed by atoms with E-state index in [4.69, 9.17) is 0 Å². The zero-order valence-corrected chi connectivity index (χ0v) is 18.9. The zero-order chi connectivity index (χ0) is 21.8. The summed E-state index contributed by atoms with van der Waals surface area (Å²) in [4.78, 5) is 17.8. The van der Waals surface area contributed by atoms with E-state index in [-0.39, 0.29) is 18.4 Å². The van der Waals surface area contributed by atoms with Gasteiger partial charge in [0.2, 0.25) is 15.9 Å². The molecule has 7 heteroatoms. The highest BCUT2D eigenvalue weighted by Gasteiger charge is 2.35. The molecule has 0 aliphatic carbocycles. The second kappa shape index (κ2) is 9.51. The number of carbonyl (C=O) groups excluding carboxylic acids is 1. The van der Waals surface area contributed by atoms with Gasteiger partial charge >= 0.3 is 0 Å². The van der Waals surface area contributed by atoms with Gasteiger partial charge in [-0.05, 0) is 37.5 Å². The van der Waals surface area contributed by atoms with E-state index in [2.05, 4.69) is 29.2 Å². The minimum Gasteiger partial charge on any atom is -0.340 e. The number of sulfonamides is 1. The molecule has 4 rings (SSSR count). The van der Waals surface area contributed by atoms with E-state index in [0.29, 0.717) is 24.5 Å². The molecule has 166 valence electrons. The largest absolute Gasteiger partial charge is 0.340 e. The molecule has 2 saturated heterocycles. The third kappa shape index (κ3) is 5.17. The molecule has 2 aromatic carbocycles. The minimum atomic E-state index is -3.56. The molecule has 0 saturated carbocycles. The molecule has 1 atom stereocenters. The smallest absolute Gasteiger partial charge is 0.243 e. The lowest BCUT2D eigenvalue weighted by Crippen LogP contribution is -2.52. The zero-order valence-electron chi connectivity index (χ0n) is 18.1. The fourth-order valence-electron chi connectivity index (χ4n) is 4.45. The number of piperidine rings is 1. The highest BCUT2D eigenvalue weighted by molar-refractivity contribution is 7.89. The van der Waals surface area contributed by atoms with Crippen molar-refractivity contribution in [2.24, 2.45) is 5.92 Å². The number of amides is 1. The van der Waals surface area contributed by atoms with Crippen molar-refractivity contribution < 1.29 is 13.2 Å². The van der Waals surface area contributed by atoms with Crippen molar-refractivity contribution >= 4 is 15.9 Å². The number of benzene rings is 2. The summed E-state index contributed by atoms with van der Waals surface area (Å²) in [6, 6.07) is 17.3. The summed E-state index contributed by atoms with van der Waals surface area (Å²) in [5, 5.41) is 0. The summed E-state index contributed by atoms with van der Waals surface area (Å²) in [6.07, 6.45) is 1.47. The van der Waals surface area contributed by atoms with Gasteiger partial charge in [-0.3, -0.25) is 9.69 Å². The van der Waals surface area contributed by atoms with Crippen molar-refractivity contribution in [2.75, 3.05) is 39.3 Å². The Morgan fingerprint density at radius 2 is 1.61 bits per heavy atom. The lowest BCUT2D eigenvalue weighted by atomic mass is 9.97. The molecule has 2 fully saturated rings. The summed E-state index contributed by atoms with van der Waals surface area (Å²) in [5.74, 6) is -0.155. The molecule has 2 aliphatic rings. The normalized spacial score (nSPS) is 21.2. The van der Waals surface area contributed by atoms with Crippen molar-refractivity contribution in [1.82, 2.24) is 14.1 Å². The van der Waals surface area contributed by atoms with E-state index >= 15 is 0 Å². The lowest BCUT2D eigenvalue weighted by Gasteiger charge is -2.38. The molecule has 0 spiro atoms. The summed E-state index contributed by atoms with van der Waals surface area (Å²) < 4.78 is 27.6. The fraction of sp³-hybridized carbons (Fsp3) is 0.458. The van der Waals surface area contributed by atoms with Gasteiger partial charge in [-0.25, -0.2) is 8.42 Å². The Morgan fingerprint density at radius 3 is 2.29 bits per heavy atom. The van der Waals surface area contributed by atoms with Crippen LogP contribution in [0.25, 0.3) is 0 Å². The van der Waals surface area contributed by atoms with Crippen molar-refractivity contribution in [2.45, 2.75) is 31.2 Å². The van der Waals surface area contributed by atoms with Crippen molar-refractivity contribution in [3.63, 3.8) is 0 Å². The molecular weight excluding hydrogens is 410 g/mol. The quantitative estimate of drug-likeness (QED) is 0.716. The standard InChI is InChI=1S/C24H31N3O3S/c1-20-9-11-23(12-10-20)31(29,30)27-13-5-8-22(19-27)24(28)26-16-14-25(15-17-26)18-21-6-3-2-4-7-21/h2-4,6-7,9-12,22H,5,8,13-19H2,1H3/t22-/m0/s1. The average Bonchev–Trinajstić information content (AvgIpc) is 2.80. The van der Waals surface area contributed by atoms with Crippen molar-refractivity contribution in [3.8, 4) is 0 Å². The summed E-state index contributed by atoms with van der Waals surface area (Å²) in [5.41, 5.74) is 2.31. The highest BCUT2D eigenvalue weighted by atomic mass is 32.2. The molecule has 2 aliphatic heterocycles. The van der Waals surface area contributed by atoms with Crippen LogP contribution in [0.15, 0.2) is 59.5 Å². The van der Waals surface area contributed by atoms with Crippen LogP contribution in [0.4, 0.5) is 0 Å². The Balaban J connectivity index is 1.34. The molecule has 0 radical (unpaired) electrons. The van der Waals surface area contributed by atoms with Gasteiger partial charge in [-0.15, -0.1) is 0 Å². The van der Waals surface area contributed by atoms with Crippen molar-refractivity contribution in [1.29, 1.82) is 0 Å².